The maximum atomic E-state index is 5.91. The normalized spacial score (nSPS) is 26.5. The van der Waals surface area contributed by atoms with Gasteiger partial charge in [-0.3, -0.25) is 0 Å². The third-order valence-corrected chi connectivity index (χ3v) is 3.00. The molecule has 0 radical (unpaired) electrons. The second-order valence-corrected chi connectivity index (χ2v) is 4.35. The molecule has 1 saturated carbocycles. The van der Waals surface area contributed by atoms with Crippen LogP contribution >= 0.6 is 0 Å². The first kappa shape index (κ1) is 10.7. The van der Waals surface area contributed by atoms with Crippen LogP contribution in [-0.2, 0) is 11.3 Å². The highest BCUT2D eigenvalue weighted by Gasteiger charge is 2.19. The lowest BCUT2D eigenvalue weighted by Crippen LogP contribution is -2.32. The zero-order chi connectivity index (χ0) is 10.5. The predicted molar refractivity (Wildman–Crippen MR) is 61.5 cm³/mol. The Balaban J connectivity index is 1.78. The van der Waals surface area contributed by atoms with E-state index in [1.165, 1.54) is 18.4 Å². The summed E-state index contributed by atoms with van der Waals surface area (Å²) in [5, 5.41) is 0. The lowest BCUT2D eigenvalue weighted by atomic mass is 9.93. The molecule has 0 aliphatic heterocycles. The van der Waals surface area contributed by atoms with Crippen molar-refractivity contribution in [3.63, 3.8) is 0 Å². The van der Waals surface area contributed by atoms with Gasteiger partial charge in [-0.05, 0) is 31.2 Å². The maximum Gasteiger partial charge on any atom is 0.0720 e. The van der Waals surface area contributed by atoms with E-state index in [2.05, 4.69) is 12.1 Å². The second-order valence-electron chi connectivity index (χ2n) is 4.35. The Kier molecular flexibility index (Phi) is 3.75. The molecular weight excluding hydrogens is 186 g/mol. The molecule has 0 heterocycles. The van der Waals surface area contributed by atoms with Gasteiger partial charge in [0.1, 0.15) is 0 Å². The van der Waals surface area contributed by atoms with Crippen LogP contribution in [0.5, 0.6) is 0 Å². The van der Waals surface area contributed by atoms with E-state index < -0.39 is 0 Å². The zero-order valence-electron chi connectivity index (χ0n) is 9.06. The summed E-state index contributed by atoms with van der Waals surface area (Å²) < 4.78 is 5.86. The monoisotopic (exact) mass is 205 g/mol. The standard InChI is InChI=1S/C13H19NO/c14-12-7-4-8-13(9-12)15-10-11-5-2-1-3-6-11/h1-3,5-6,12-13H,4,7-10,14H2/t12-,13?/m0/s1. The summed E-state index contributed by atoms with van der Waals surface area (Å²) in [6.45, 7) is 0.720. The number of hydrogen-bond donors (Lipinski definition) is 1. The van der Waals surface area contributed by atoms with Crippen LogP contribution in [0.25, 0.3) is 0 Å². The minimum Gasteiger partial charge on any atom is -0.373 e. The summed E-state index contributed by atoms with van der Waals surface area (Å²) >= 11 is 0. The summed E-state index contributed by atoms with van der Waals surface area (Å²) in [5.41, 5.74) is 7.16. The van der Waals surface area contributed by atoms with Crippen molar-refractivity contribution < 1.29 is 4.74 Å². The van der Waals surface area contributed by atoms with Crippen molar-refractivity contribution in [1.29, 1.82) is 0 Å². The second kappa shape index (κ2) is 5.29. The molecule has 1 fully saturated rings. The van der Waals surface area contributed by atoms with Crippen molar-refractivity contribution in [2.75, 3.05) is 0 Å². The van der Waals surface area contributed by atoms with E-state index in [-0.39, 0.29) is 0 Å². The van der Waals surface area contributed by atoms with Crippen LogP contribution in [0.4, 0.5) is 0 Å². The first-order chi connectivity index (χ1) is 7.34. The fourth-order valence-corrected chi connectivity index (χ4v) is 2.12. The van der Waals surface area contributed by atoms with Gasteiger partial charge in [-0.15, -0.1) is 0 Å². The molecule has 0 bridgehead atoms. The molecule has 2 rings (SSSR count). The molecule has 82 valence electrons. The molecule has 1 aromatic rings. The maximum absolute atomic E-state index is 5.91. The van der Waals surface area contributed by atoms with Crippen LogP contribution in [0, 0.1) is 0 Å². The van der Waals surface area contributed by atoms with Gasteiger partial charge in [-0.1, -0.05) is 30.3 Å². The quantitative estimate of drug-likeness (QED) is 0.822. The first-order valence-corrected chi connectivity index (χ1v) is 5.75. The molecule has 2 N–H and O–H groups in total. The van der Waals surface area contributed by atoms with Gasteiger partial charge in [0, 0.05) is 6.04 Å². The van der Waals surface area contributed by atoms with Crippen LogP contribution in [-0.4, -0.2) is 12.1 Å². The minimum absolute atomic E-state index is 0.347. The number of hydrogen-bond acceptors (Lipinski definition) is 2. The van der Waals surface area contributed by atoms with Crippen molar-refractivity contribution in [1.82, 2.24) is 0 Å². The van der Waals surface area contributed by atoms with Gasteiger partial charge in [0.15, 0.2) is 0 Å². The van der Waals surface area contributed by atoms with Gasteiger partial charge in [-0.25, -0.2) is 0 Å². The van der Waals surface area contributed by atoms with Crippen LogP contribution < -0.4 is 5.73 Å². The average Bonchev–Trinajstić information content (AvgIpc) is 2.28. The van der Waals surface area contributed by atoms with E-state index in [1.807, 2.05) is 18.2 Å². The van der Waals surface area contributed by atoms with Gasteiger partial charge < -0.3 is 10.5 Å². The summed E-state index contributed by atoms with van der Waals surface area (Å²) in [4.78, 5) is 0. The van der Waals surface area contributed by atoms with Gasteiger partial charge >= 0.3 is 0 Å². The van der Waals surface area contributed by atoms with Crippen LogP contribution in [0.1, 0.15) is 31.2 Å². The van der Waals surface area contributed by atoms with Crippen molar-refractivity contribution in [2.45, 2.75) is 44.4 Å². The molecule has 1 aliphatic rings. The Hall–Kier alpha value is -0.860. The summed E-state index contributed by atoms with van der Waals surface area (Å²) in [7, 11) is 0. The Morgan fingerprint density at radius 2 is 2.00 bits per heavy atom. The number of benzene rings is 1. The Morgan fingerprint density at radius 1 is 1.20 bits per heavy atom. The topological polar surface area (TPSA) is 35.2 Å². The minimum atomic E-state index is 0.347. The summed E-state index contributed by atoms with van der Waals surface area (Å²) in [5.74, 6) is 0. The summed E-state index contributed by atoms with van der Waals surface area (Å²) in [6, 6.07) is 10.7. The largest absolute Gasteiger partial charge is 0.373 e. The smallest absolute Gasteiger partial charge is 0.0720 e. The van der Waals surface area contributed by atoms with Gasteiger partial charge in [0.25, 0.3) is 0 Å². The third kappa shape index (κ3) is 3.33. The molecule has 0 amide bonds. The highest BCUT2D eigenvalue weighted by Crippen LogP contribution is 2.20. The molecular formula is C13H19NO. The van der Waals surface area contributed by atoms with Crippen molar-refractivity contribution >= 4 is 0 Å². The average molecular weight is 205 g/mol. The van der Waals surface area contributed by atoms with E-state index >= 15 is 0 Å². The van der Waals surface area contributed by atoms with Crippen molar-refractivity contribution in [2.24, 2.45) is 5.73 Å². The molecule has 2 nitrogen and oxygen atoms in total. The molecule has 15 heavy (non-hydrogen) atoms. The molecule has 0 aromatic heterocycles. The van der Waals surface area contributed by atoms with Gasteiger partial charge in [0.05, 0.1) is 12.7 Å². The Bertz CT molecular complexity index is 286. The van der Waals surface area contributed by atoms with E-state index in [1.54, 1.807) is 0 Å². The van der Waals surface area contributed by atoms with Crippen LogP contribution in [0.2, 0.25) is 0 Å². The van der Waals surface area contributed by atoms with Crippen LogP contribution in [0.15, 0.2) is 30.3 Å². The Labute approximate surface area is 91.4 Å². The first-order valence-electron chi connectivity index (χ1n) is 5.75. The SMILES string of the molecule is N[C@H]1CCCC(OCc2ccccc2)C1. The molecule has 1 aliphatic carbocycles. The van der Waals surface area contributed by atoms with E-state index in [9.17, 15) is 0 Å². The number of nitrogens with two attached hydrogens (primary N) is 1. The van der Waals surface area contributed by atoms with Crippen molar-refractivity contribution in [3.8, 4) is 0 Å². The predicted octanol–water partition coefficient (Wildman–Crippen LogP) is 2.47. The van der Waals surface area contributed by atoms with Crippen LogP contribution in [0.3, 0.4) is 0 Å². The molecule has 2 atom stereocenters. The lowest BCUT2D eigenvalue weighted by molar-refractivity contribution is 0.0122. The molecule has 1 aromatic carbocycles. The van der Waals surface area contributed by atoms with Gasteiger partial charge in [-0.2, -0.15) is 0 Å². The van der Waals surface area contributed by atoms with Crippen molar-refractivity contribution in [3.05, 3.63) is 35.9 Å². The van der Waals surface area contributed by atoms with Gasteiger partial charge in [0.2, 0.25) is 0 Å². The lowest BCUT2D eigenvalue weighted by Gasteiger charge is -2.26. The third-order valence-electron chi connectivity index (χ3n) is 3.00. The summed E-state index contributed by atoms with van der Waals surface area (Å²) in [6.07, 6.45) is 4.92. The van der Waals surface area contributed by atoms with E-state index in [0.717, 1.165) is 19.4 Å². The fraction of sp³-hybridized carbons (Fsp3) is 0.538. The highest BCUT2D eigenvalue weighted by molar-refractivity contribution is 5.13. The number of rotatable bonds is 3. The van der Waals surface area contributed by atoms with E-state index in [4.69, 9.17) is 10.5 Å². The number of ether oxygens (including phenoxy) is 1. The molecule has 0 saturated heterocycles. The van der Waals surface area contributed by atoms with E-state index in [0.29, 0.717) is 12.1 Å². The zero-order valence-corrected chi connectivity index (χ0v) is 9.06. The molecule has 2 heteroatoms. The Morgan fingerprint density at radius 3 is 2.73 bits per heavy atom. The fourth-order valence-electron chi connectivity index (χ4n) is 2.12. The highest BCUT2D eigenvalue weighted by atomic mass is 16.5. The molecule has 1 unspecified atom stereocenters. The molecule has 0 spiro atoms.